The molecule has 19 heavy (non-hydrogen) atoms. The maximum Gasteiger partial charge on any atom is 0.390 e. The number of alkyl halides is 3. The lowest BCUT2D eigenvalue weighted by Gasteiger charge is -2.45. The van der Waals surface area contributed by atoms with Crippen LogP contribution in [0.15, 0.2) is 0 Å². The third kappa shape index (κ3) is 3.17. The van der Waals surface area contributed by atoms with E-state index < -0.39 is 18.6 Å². The Morgan fingerprint density at radius 2 is 1.95 bits per heavy atom. The molecular formula is C11H16F3N3O2. The van der Waals surface area contributed by atoms with Crippen LogP contribution in [0.4, 0.5) is 13.2 Å². The zero-order valence-electron chi connectivity index (χ0n) is 10.6. The van der Waals surface area contributed by atoms with E-state index in [9.17, 15) is 22.8 Å². The van der Waals surface area contributed by atoms with E-state index in [4.69, 9.17) is 0 Å². The Balaban J connectivity index is 1.97. The average Bonchev–Trinajstić information content (AvgIpc) is 2.32. The first-order chi connectivity index (χ1) is 8.78. The van der Waals surface area contributed by atoms with Crippen LogP contribution in [0.5, 0.6) is 0 Å². The number of hydrogen-bond acceptors (Lipinski definition) is 3. The van der Waals surface area contributed by atoms with Crippen LogP contribution in [0.25, 0.3) is 0 Å². The van der Waals surface area contributed by atoms with E-state index in [0.29, 0.717) is 13.1 Å². The number of rotatable bonds is 2. The van der Waals surface area contributed by atoms with E-state index in [0.717, 1.165) is 0 Å². The highest BCUT2D eigenvalue weighted by atomic mass is 19.4. The summed E-state index contributed by atoms with van der Waals surface area (Å²) >= 11 is 0. The number of fused-ring (bicyclic) bond motifs is 1. The number of hydrogen-bond donors (Lipinski definition) is 0. The number of carbonyl (C=O) groups excluding carboxylic acids is 2. The second kappa shape index (κ2) is 4.99. The van der Waals surface area contributed by atoms with Gasteiger partial charge in [0, 0.05) is 33.2 Å². The molecule has 8 heteroatoms. The van der Waals surface area contributed by atoms with Gasteiger partial charge in [-0.25, -0.2) is 0 Å². The zero-order chi connectivity index (χ0) is 14.2. The van der Waals surface area contributed by atoms with Gasteiger partial charge in [-0.1, -0.05) is 0 Å². The van der Waals surface area contributed by atoms with E-state index in [1.54, 1.807) is 4.90 Å². The molecule has 0 aromatic carbocycles. The van der Waals surface area contributed by atoms with Gasteiger partial charge in [-0.05, 0) is 0 Å². The first kappa shape index (κ1) is 14.1. The summed E-state index contributed by atoms with van der Waals surface area (Å²) in [7, 11) is 1.53. The summed E-state index contributed by atoms with van der Waals surface area (Å²) in [4.78, 5) is 28.1. The highest BCUT2D eigenvalue weighted by Crippen LogP contribution is 2.22. The third-order valence-electron chi connectivity index (χ3n) is 3.53. The SMILES string of the molecule is CN1CC(=O)N2CCN(CCC(F)(F)F)C[C@H]2C1=O. The molecule has 0 aromatic heterocycles. The fourth-order valence-electron chi connectivity index (χ4n) is 2.46. The summed E-state index contributed by atoms with van der Waals surface area (Å²) < 4.78 is 36.5. The van der Waals surface area contributed by atoms with Crippen LogP contribution in [0, 0.1) is 0 Å². The van der Waals surface area contributed by atoms with Crippen molar-refractivity contribution in [1.29, 1.82) is 0 Å². The highest BCUT2D eigenvalue weighted by molar-refractivity contribution is 5.95. The molecule has 0 spiro atoms. The van der Waals surface area contributed by atoms with Gasteiger partial charge in [0.05, 0.1) is 13.0 Å². The fourth-order valence-corrected chi connectivity index (χ4v) is 2.46. The summed E-state index contributed by atoms with van der Waals surface area (Å²) in [6.45, 7) is 0.818. The number of nitrogens with zero attached hydrogens (tertiary/aromatic N) is 3. The zero-order valence-corrected chi connectivity index (χ0v) is 10.6. The van der Waals surface area contributed by atoms with Gasteiger partial charge in [0.1, 0.15) is 6.04 Å². The molecule has 0 aromatic rings. The monoisotopic (exact) mass is 279 g/mol. The minimum atomic E-state index is -4.19. The second-order valence-corrected chi connectivity index (χ2v) is 4.96. The van der Waals surface area contributed by atoms with Gasteiger partial charge in [-0.15, -0.1) is 0 Å². The molecular weight excluding hydrogens is 263 g/mol. The molecule has 0 bridgehead atoms. The number of carbonyl (C=O) groups is 2. The van der Waals surface area contributed by atoms with E-state index >= 15 is 0 Å². The van der Waals surface area contributed by atoms with Gasteiger partial charge >= 0.3 is 6.18 Å². The number of amides is 2. The Morgan fingerprint density at radius 3 is 2.58 bits per heavy atom. The van der Waals surface area contributed by atoms with Crippen molar-refractivity contribution in [1.82, 2.24) is 14.7 Å². The molecule has 1 atom stereocenters. The molecule has 2 fully saturated rings. The largest absolute Gasteiger partial charge is 0.390 e. The van der Waals surface area contributed by atoms with Crippen LogP contribution < -0.4 is 0 Å². The molecule has 2 heterocycles. The van der Waals surface area contributed by atoms with Gasteiger partial charge in [-0.2, -0.15) is 13.2 Å². The van der Waals surface area contributed by atoms with Gasteiger partial charge in [0.2, 0.25) is 11.8 Å². The molecule has 0 N–H and O–H groups in total. The lowest BCUT2D eigenvalue weighted by Crippen LogP contribution is -2.66. The molecule has 0 unspecified atom stereocenters. The van der Waals surface area contributed by atoms with Crippen molar-refractivity contribution < 1.29 is 22.8 Å². The Kier molecular flexibility index (Phi) is 3.71. The Hall–Kier alpha value is -1.31. The summed E-state index contributed by atoms with van der Waals surface area (Å²) in [5.41, 5.74) is 0. The van der Waals surface area contributed by atoms with E-state index in [1.165, 1.54) is 16.8 Å². The summed E-state index contributed by atoms with van der Waals surface area (Å²) in [6, 6.07) is -0.631. The first-order valence-electron chi connectivity index (χ1n) is 6.11. The first-order valence-corrected chi connectivity index (χ1v) is 6.11. The van der Waals surface area contributed by atoms with Crippen LogP contribution in [0.3, 0.4) is 0 Å². The number of likely N-dealkylation sites (N-methyl/N-ethyl adjacent to an activating group) is 1. The fraction of sp³-hybridized carbons (Fsp3) is 0.818. The van der Waals surface area contributed by atoms with Crippen LogP contribution in [-0.2, 0) is 9.59 Å². The lowest BCUT2D eigenvalue weighted by atomic mass is 10.1. The molecule has 0 aliphatic carbocycles. The summed E-state index contributed by atoms with van der Waals surface area (Å²) in [5.74, 6) is -0.334. The molecule has 108 valence electrons. The molecule has 2 rings (SSSR count). The summed E-state index contributed by atoms with van der Waals surface area (Å²) in [5, 5.41) is 0. The Bertz CT molecular complexity index is 386. The molecule has 5 nitrogen and oxygen atoms in total. The van der Waals surface area contributed by atoms with Crippen LogP contribution in [0.1, 0.15) is 6.42 Å². The van der Waals surface area contributed by atoms with Crippen molar-refractivity contribution in [3.63, 3.8) is 0 Å². The molecule has 0 radical (unpaired) electrons. The van der Waals surface area contributed by atoms with Gasteiger partial charge in [0.15, 0.2) is 0 Å². The van der Waals surface area contributed by atoms with Crippen molar-refractivity contribution in [3.8, 4) is 0 Å². The van der Waals surface area contributed by atoms with E-state index in [2.05, 4.69) is 0 Å². The molecule has 2 aliphatic heterocycles. The topological polar surface area (TPSA) is 43.9 Å². The maximum atomic E-state index is 12.2. The minimum Gasteiger partial charge on any atom is -0.335 e. The van der Waals surface area contributed by atoms with Crippen molar-refractivity contribution in [2.75, 3.05) is 39.8 Å². The number of piperazine rings is 2. The maximum absolute atomic E-state index is 12.2. The molecule has 2 saturated heterocycles. The van der Waals surface area contributed by atoms with Gasteiger partial charge in [0.25, 0.3) is 0 Å². The Morgan fingerprint density at radius 1 is 1.26 bits per heavy atom. The van der Waals surface area contributed by atoms with Crippen molar-refractivity contribution in [3.05, 3.63) is 0 Å². The smallest absolute Gasteiger partial charge is 0.335 e. The van der Waals surface area contributed by atoms with E-state index in [-0.39, 0.29) is 31.4 Å². The lowest BCUT2D eigenvalue weighted by molar-refractivity contribution is -0.160. The average molecular weight is 279 g/mol. The predicted molar refractivity (Wildman–Crippen MR) is 60.3 cm³/mol. The molecule has 2 aliphatic rings. The Labute approximate surface area is 108 Å². The molecule has 0 saturated carbocycles. The van der Waals surface area contributed by atoms with E-state index in [1.807, 2.05) is 0 Å². The van der Waals surface area contributed by atoms with Crippen molar-refractivity contribution in [2.45, 2.75) is 18.6 Å². The molecule has 2 amide bonds. The number of halogens is 3. The van der Waals surface area contributed by atoms with Crippen molar-refractivity contribution in [2.24, 2.45) is 0 Å². The minimum absolute atomic E-state index is 0.0535. The summed E-state index contributed by atoms with van der Waals surface area (Å²) in [6.07, 6.45) is -5.09. The van der Waals surface area contributed by atoms with Crippen LogP contribution in [0.2, 0.25) is 0 Å². The van der Waals surface area contributed by atoms with Crippen LogP contribution >= 0.6 is 0 Å². The predicted octanol–water partition coefficient (Wildman–Crippen LogP) is -0.0764. The van der Waals surface area contributed by atoms with Gasteiger partial charge < -0.3 is 9.80 Å². The van der Waals surface area contributed by atoms with Crippen molar-refractivity contribution >= 4 is 11.8 Å². The second-order valence-electron chi connectivity index (χ2n) is 4.96. The van der Waals surface area contributed by atoms with Crippen LogP contribution in [-0.4, -0.2) is 78.5 Å². The normalized spacial score (nSPS) is 25.8. The third-order valence-corrected chi connectivity index (χ3v) is 3.53. The quantitative estimate of drug-likeness (QED) is 0.710. The standard InChI is InChI=1S/C11H16F3N3O2/c1-15-7-9(18)17-5-4-16(3-2-11(12,13)14)6-8(17)10(15)19/h8H,2-7H2,1H3/t8-/m0/s1. The highest BCUT2D eigenvalue weighted by Gasteiger charge is 2.41. The van der Waals surface area contributed by atoms with Gasteiger partial charge in [-0.3, -0.25) is 14.5 Å².